The maximum Gasteiger partial charge on any atom is 0.150 e. The van der Waals surface area contributed by atoms with Crippen molar-refractivity contribution in [3.8, 4) is 5.75 Å². The molecule has 0 amide bonds. The van der Waals surface area contributed by atoms with E-state index in [0.717, 1.165) is 34.7 Å². The fourth-order valence-electron chi connectivity index (χ4n) is 2.25. The van der Waals surface area contributed by atoms with Gasteiger partial charge in [0.15, 0.2) is 0 Å². The number of carbonyl (C=O) groups is 1. The molecule has 2 aromatic carbocycles. The molecule has 0 spiro atoms. The molecule has 0 fully saturated rings. The highest BCUT2D eigenvalue weighted by Crippen LogP contribution is 2.32. The van der Waals surface area contributed by atoms with E-state index in [2.05, 4.69) is 0 Å². The van der Waals surface area contributed by atoms with E-state index in [1.807, 2.05) is 18.2 Å². The van der Waals surface area contributed by atoms with Crippen molar-refractivity contribution in [3.05, 3.63) is 59.4 Å². The van der Waals surface area contributed by atoms with Crippen LogP contribution in [0.15, 0.2) is 47.4 Å². The highest BCUT2D eigenvalue weighted by atomic mass is 32.2. The molecule has 0 saturated carbocycles. The molecule has 20 heavy (non-hydrogen) atoms. The SMILES string of the molecule is O=Cc1cccc(SCC2Cc3cc(F)ccc3O2)c1. The third kappa shape index (κ3) is 2.85. The Morgan fingerprint density at radius 3 is 3.05 bits per heavy atom. The summed E-state index contributed by atoms with van der Waals surface area (Å²) in [6.45, 7) is 0. The van der Waals surface area contributed by atoms with Gasteiger partial charge in [-0.1, -0.05) is 12.1 Å². The van der Waals surface area contributed by atoms with Gasteiger partial charge in [0.05, 0.1) is 0 Å². The Bertz CT molecular complexity index is 642. The highest BCUT2D eigenvalue weighted by Gasteiger charge is 2.23. The average molecular weight is 288 g/mol. The van der Waals surface area contributed by atoms with E-state index in [9.17, 15) is 9.18 Å². The van der Waals surface area contributed by atoms with E-state index in [0.29, 0.717) is 5.56 Å². The Morgan fingerprint density at radius 2 is 2.20 bits per heavy atom. The van der Waals surface area contributed by atoms with Gasteiger partial charge in [-0.15, -0.1) is 11.8 Å². The first-order valence-electron chi connectivity index (χ1n) is 6.38. The maximum absolute atomic E-state index is 13.1. The molecular weight excluding hydrogens is 275 g/mol. The van der Waals surface area contributed by atoms with Crippen molar-refractivity contribution in [2.45, 2.75) is 17.4 Å². The van der Waals surface area contributed by atoms with E-state index >= 15 is 0 Å². The first kappa shape index (κ1) is 13.2. The van der Waals surface area contributed by atoms with Crippen LogP contribution in [0.5, 0.6) is 5.75 Å². The van der Waals surface area contributed by atoms with Crippen LogP contribution in [0.2, 0.25) is 0 Å². The van der Waals surface area contributed by atoms with Crippen molar-refractivity contribution in [3.63, 3.8) is 0 Å². The number of fused-ring (bicyclic) bond motifs is 1. The number of ether oxygens (including phenoxy) is 1. The molecule has 102 valence electrons. The number of carbonyl (C=O) groups excluding carboxylic acids is 1. The fourth-order valence-corrected chi connectivity index (χ4v) is 3.21. The van der Waals surface area contributed by atoms with Crippen LogP contribution in [0.25, 0.3) is 0 Å². The molecular formula is C16H13FO2S. The number of benzene rings is 2. The smallest absolute Gasteiger partial charge is 0.150 e. The van der Waals surface area contributed by atoms with E-state index in [1.165, 1.54) is 12.1 Å². The quantitative estimate of drug-likeness (QED) is 0.633. The van der Waals surface area contributed by atoms with Crippen LogP contribution in [0, 0.1) is 5.82 Å². The van der Waals surface area contributed by atoms with Crippen LogP contribution < -0.4 is 4.74 Å². The van der Waals surface area contributed by atoms with Gasteiger partial charge in [-0.2, -0.15) is 0 Å². The van der Waals surface area contributed by atoms with Gasteiger partial charge in [0.1, 0.15) is 24.0 Å². The van der Waals surface area contributed by atoms with E-state index in [1.54, 1.807) is 23.9 Å². The van der Waals surface area contributed by atoms with Gasteiger partial charge in [-0.25, -0.2) is 4.39 Å². The summed E-state index contributed by atoms with van der Waals surface area (Å²) >= 11 is 1.64. The third-order valence-electron chi connectivity index (χ3n) is 3.19. The summed E-state index contributed by atoms with van der Waals surface area (Å²) in [5.74, 6) is 1.33. The van der Waals surface area contributed by atoms with Crippen molar-refractivity contribution in [2.75, 3.05) is 5.75 Å². The Kier molecular flexibility index (Phi) is 3.74. The largest absolute Gasteiger partial charge is 0.489 e. The van der Waals surface area contributed by atoms with Gasteiger partial charge in [-0.3, -0.25) is 4.79 Å². The summed E-state index contributed by atoms with van der Waals surface area (Å²) in [6.07, 6.45) is 1.62. The third-order valence-corrected chi connectivity index (χ3v) is 4.32. The zero-order chi connectivity index (χ0) is 13.9. The lowest BCUT2D eigenvalue weighted by atomic mass is 10.1. The molecule has 0 aliphatic carbocycles. The molecule has 1 atom stereocenters. The summed E-state index contributed by atoms with van der Waals surface area (Å²) < 4.78 is 18.9. The minimum atomic E-state index is -0.223. The first-order chi connectivity index (χ1) is 9.74. The second-order valence-electron chi connectivity index (χ2n) is 4.70. The monoisotopic (exact) mass is 288 g/mol. The lowest BCUT2D eigenvalue weighted by Crippen LogP contribution is -2.15. The minimum absolute atomic E-state index is 0.0525. The Hall–Kier alpha value is -1.81. The van der Waals surface area contributed by atoms with Crippen LogP contribution in [0.1, 0.15) is 15.9 Å². The minimum Gasteiger partial charge on any atom is -0.489 e. The molecule has 1 heterocycles. The number of aldehydes is 1. The molecule has 2 nitrogen and oxygen atoms in total. The van der Waals surface area contributed by atoms with Gasteiger partial charge in [-0.05, 0) is 30.3 Å². The normalized spacial score (nSPS) is 16.6. The van der Waals surface area contributed by atoms with E-state index in [-0.39, 0.29) is 11.9 Å². The molecule has 1 aliphatic rings. The molecule has 0 saturated heterocycles. The number of thioether (sulfide) groups is 1. The predicted molar refractivity (Wildman–Crippen MR) is 77.1 cm³/mol. The lowest BCUT2D eigenvalue weighted by molar-refractivity contribution is 0.112. The van der Waals surface area contributed by atoms with Crippen LogP contribution in [-0.4, -0.2) is 18.1 Å². The fraction of sp³-hybridized carbons (Fsp3) is 0.188. The van der Waals surface area contributed by atoms with Crippen molar-refractivity contribution >= 4 is 18.0 Å². The molecule has 1 aliphatic heterocycles. The number of halogens is 1. The van der Waals surface area contributed by atoms with Gasteiger partial charge < -0.3 is 4.74 Å². The number of rotatable bonds is 4. The summed E-state index contributed by atoms with van der Waals surface area (Å²) in [5, 5.41) is 0. The van der Waals surface area contributed by atoms with Crippen LogP contribution in [-0.2, 0) is 6.42 Å². The molecule has 0 aromatic heterocycles. The lowest BCUT2D eigenvalue weighted by Gasteiger charge is -2.10. The average Bonchev–Trinajstić information content (AvgIpc) is 2.87. The van der Waals surface area contributed by atoms with Crippen molar-refractivity contribution in [1.29, 1.82) is 0 Å². The molecule has 0 N–H and O–H groups in total. The molecule has 2 aromatic rings. The number of hydrogen-bond acceptors (Lipinski definition) is 3. The second kappa shape index (κ2) is 5.67. The summed E-state index contributed by atoms with van der Waals surface area (Å²) in [7, 11) is 0. The first-order valence-corrected chi connectivity index (χ1v) is 7.36. The van der Waals surface area contributed by atoms with Gasteiger partial charge in [0.25, 0.3) is 0 Å². The highest BCUT2D eigenvalue weighted by molar-refractivity contribution is 7.99. The van der Waals surface area contributed by atoms with Crippen molar-refractivity contribution in [2.24, 2.45) is 0 Å². The van der Waals surface area contributed by atoms with Crippen LogP contribution in [0.4, 0.5) is 4.39 Å². The summed E-state index contributed by atoms with van der Waals surface area (Å²) in [4.78, 5) is 11.8. The van der Waals surface area contributed by atoms with Crippen molar-refractivity contribution in [1.82, 2.24) is 0 Å². The zero-order valence-electron chi connectivity index (χ0n) is 10.7. The van der Waals surface area contributed by atoms with Crippen LogP contribution in [0.3, 0.4) is 0 Å². The molecule has 0 radical (unpaired) electrons. The summed E-state index contributed by atoms with van der Waals surface area (Å²) in [6, 6.07) is 12.1. The van der Waals surface area contributed by atoms with E-state index < -0.39 is 0 Å². The molecule has 4 heteroatoms. The van der Waals surface area contributed by atoms with Crippen molar-refractivity contribution < 1.29 is 13.9 Å². The molecule has 1 unspecified atom stereocenters. The summed E-state index contributed by atoms with van der Waals surface area (Å²) in [5.41, 5.74) is 1.60. The molecule has 3 rings (SSSR count). The maximum atomic E-state index is 13.1. The van der Waals surface area contributed by atoms with Gasteiger partial charge in [0, 0.05) is 28.2 Å². The van der Waals surface area contributed by atoms with Gasteiger partial charge in [0.2, 0.25) is 0 Å². The second-order valence-corrected chi connectivity index (χ2v) is 5.79. The molecule has 0 bridgehead atoms. The topological polar surface area (TPSA) is 26.3 Å². The Balaban J connectivity index is 1.62. The Morgan fingerprint density at radius 1 is 1.30 bits per heavy atom. The predicted octanol–water partition coefficient (Wildman–Crippen LogP) is 3.73. The van der Waals surface area contributed by atoms with E-state index in [4.69, 9.17) is 4.74 Å². The van der Waals surface area contributed by atoms with Gasteiger partial charge >= 0.3 is 0 Å². The Labute approximate surface area is 121 Å². The number of hydrogen-bond donors (Lipinski definition) is 0. The zero-order valence-corrected chi connectivity index (χ0v) is 11.5. The van der Waals surface area contributed by atoms with Crippen LogP contribution >= 0.6 is 11.8 Å². The standard InChI is InChI=1S/C16H13FO2S/c17-13-4-5-16-12(7-13)8-14(19-16)10-20-15-3-1-2-11(6-15)9-18/h1-7,9,14H,8,10H2.